The number of likely N-dealkylation sites (N-methyl/N-ethyl adjacent to an activating group) is 1. The van der Waals surface area contributed by atoms with Crippen LogP contribution in [0.25, 0.3) is 0 Å². The Hall–Kier alpha value is -0.710. The van der Waals surface area contributed by atoms with Gasteiger partial charge in [-0.25, -0.2) is 4.98 Å². The Kier molecular flexibility index (Phi) is 3.97. The zero-order valence-corrected chi connectivity index (χ0v) is 11.3. The van der Waals surface area contributed by atoms with E-state index in [1.807, 2.05) is 0 Å². The van der Waals surface area contributed by atoms with Crippen molar-refractivity contribution in [2.24, 2.45) is 0 Å². The van der Waals surface area contributed by atoms with Crippen LogP contribution < -0.4 is 10.6 Å². The molecular weight excluding hydrogens is 259 g/mol. The summed E-state index contributed by atoms with van der Waals surface area (Å²) in [6.07, 6.45) is 0. The standard InChI is InChI=1S/C11H16Cl2N4/c1-2-16-3-5-17(6-4-16)11-9(13)7-8(12)10(14)15-11/h7H,2-6H2,1H3,(H2,14,15). The molecule has 4 nitrogen and oxygen atoms in total. The maximum Gasteiger partial charge on any atom is 0.150 e. The number of anilines is 2. The van der Waals surface area contributed by atoms with Gasteiger partial charge >= 0.3 is 0 Å². The van der Waals surface area contributed by atoms with Gasteiger partial charge < -0.3 is 15.5 Å². The van der Waals surface area contributed by atoms with Crippen LogP contribution in [0, 0.1) is 0 Å². The summed E-state index contributed by atoms with van der Waals surface area (Å²) in [5.41, 5.74) is 5.71. The summed E-state index contributed by atoms with van der Waals surface area (Å²) >= 11 is 12.0. The van der Waals surface area contributed by atoms with Crippen LogP contribution in [0.5, 0.6) is 0 Å². The molecule has 0 aliphatic carbocycles. The van der Waals surface area contributed by atoms with Crippen LogP contribution >= 0.6 is 23.2 Å². The summed E-state index contributed by atoms with van der Waals surface area (Å²) < 4.78 is 0. The zero-order chi connectivity index (χ0) is 12.4. The number of halogens is 2. The van der Waals surface area contributed by atoms with E-state index in [4.69, 9.17) is 28.9 Å². The first-order valence-corrected chi connectivity index (χ1v) is 6.46. The molecule has 6 heteroatoms. The molecule has 1 saturated heterocycles. The van der Waals surface area contributed by atoms with Crippen LogP contribution in [0.1, 0.15) is 6.92 Å². The number of nitrogens with zero attached hydrogens (tertiary/aromatic N) is 3. The van der Waals surface area contributed by atoms with Gasteiger partial charge in [-0.15, -0.1) is 0 Å². The molecule has 0 spiro atoms. The molecule has 1 fully saturated rings. The molecule has 0 radical (unpaired) electrons. The Bertz CT molecular complexity index is 403. The van der Waals surface area contributed by atoms with Crippen LogP contribution in [-0.4, -0.2) is 42.6 Å². The Morgan fingerprint density at radius 1 is 1.24 bits per heavy atom. The Balaban J connectivity index is 2.16. The number of hydrogen-bond donors (Lipinski definition) is 1. The number of nitrogen functional groups attached to an aromatic ring is 1. The number of aromatic nitrogens is 1. The highest BCUT2D eigenvalue weighted by Gasteiger charge is 2.19. The molecule has 0 aromatic carbocycles. The number of rotatable bonds is 2. The molecular formula is C11H16Cl2N4. The Morgan fingerprint density at radius 3 is 2.47 bits per heavy atom. The molecule has 94 valence electrons. The first kappa shape index (κ1) is 12.7. The summed E-state index contributed by atoms with van der Waals surface area (Å²) in [6.45, 7) is 7.14. The molecule has 0 unspecified atom stereocenters. The lowest BCUT2D eigenvalue weighted by molar-refractivity contribution is 0.270. The van der Waals surface area contributed by atoms with Gasteiger partial charge in [0, 0.05) is 26.2 Å². The second-order valence-corrected chi connectivity index (χ2v) is 4.90. The molecule has 1 aliphatic rings. The summed E-state index contributed by atoms with van der Waals surface area (Å²) in [6, 6.07) is 1.66. The van der Waals surface area contributed by atoms with E-state index in [0.717, 1.165) is 38.5 Å². The summed E-state index contributed by atoms with van der Waals surface area (Å²) in [4.78, 5) is 8.81. The predicted molar refractivity (Wildman–Crippen MR) is 73.0 cm³/mol. The normalized spacial score (nSPS) is 17.5. The van der Waals surface area contributed by atoms with Crippen molar-refractivity contribution in [3.8, 4) is 0 Å². The van der Waals surface area contributed by atoms with E-state index in [1.54, 1.807) is 6.07 Å². The minimum Gasteiger partial charge on any atom is -0.382 e. The van der Waals surface area contributed by atoms with Crippen molar-refractivity contribution < 1.29 is 0 Å². The highest BCUT2D eigenvalue weighted by atomic mass is 35.5. The highest BCUT2D eigenvalue weighted by molar-refractivity contribution is 6.37. The molecule has 2 rings (SSSR count). The van der Waals surface area contributed by atoms with Crippen LogP contribution in [0.3, 0.4) is 0 Å². The number of hydrogen-bond acceptors (Lipinski definition) is 4. The molecule has 1 aliphatic heterocycles. The fourth-order valence-corrected chi connectivity index (χ4v) is 2.45. The van der Waals surface area contributed by atoms with Crippen LogP contribution in [0.15, 0.2) is 6.07 Å². The maximum atomic E-state index is 6.15. The van der Waals surface area contributed by atoms with Gasteiger partial charge in [-0.05, 0) is 12.6 Å². The van der Waals surface area contributed by atoms with Gasteiger partial charge in [0.2, 0.25) is 0 Å². The zero-order valence-electron chi connectivity index (χ0n) is 9.79. The van der Waals surface area contributed by atoms with Gasteiger partial charge in [0.25, 0.3) is 0 Å². The third kappa shape index (κ3) is 2.76. The van der Waals surface area contributed by atoms with Gasteiger partial charge in [-0.1, -0.05) is 30.1 Å². The van der Waals surface area contributed by atoms with Crippen molar-refractivity contribution in [2.45, 2.75) is 6.92 Å². The Morgan fingerprint density at radius 2 is 1.88 bits per heavy atom. The van der Waals surface area contributed by atoms with E-state index < -0.39 is 0 Å². The summed E-state index contributed by atoms with van der Waals surface area (Å²) in [5.74, 6) is 1.08. The van der Waals surface area contributed by atoms with E-state index in [0.29, 0.717) is 15.9 Å². The summed E-state index contributed by atoms with van der Waals surface area (Å²) in [7, 11) is 0. The van der Waals surface area contributed by atoms with Crippen molar-refractivity contribution in [2.75, 3.05) is 43.4 Å². The smallest absolute Gasteiger partial charge is 0.150 e. The monoisotopic (exact) mass is 274 g/mol. The van der Waals surface area contributed by atoms with E-state index >= 15 is 0 Å². The Labute approximate surface area is 111 Å². The van der Waals surface area contributed by atoms with Crippen molar-refractivity contribution in [1.29, 1.82) is 0 Å². The molecule has 0 saturated carbocycles. The largest absolute Gasteiger partial charge is 0.382 e. The van der Waals surface area contributed by atoms with Gasteiger partial charge in [0.05, 0.1) is 10.0 Å². The molecule has 1 aromatic heterocycles. The van der Waals surface area contributed by atoms with Crippen molar-refractivity contribution in [1.82, 2.24) is 9.88 Å². The first-order valence-electron chi connectivity index (χ1n) is 5.70. The van der Waals surface area contributed by atoms with E-state index in [9.17, 15) is 0 Å². The third-order valence-corrected chi connectivity index (χ3v) is 3.64. The summed E-state index contributed by atoms with van der Waals surface area (Å²) in [5, 5.41) is 0.972. The molecule has 0 bridgehead atoms. The average Bonchev–Trinajstić information content (AvgIpc) is 2.34. The molecule has 1 aromatic rings. The fraction of sp³-hybridized carbons (Fsp3) is 0.545. The fourth-order valence-electron chi connectivity index (χ4n) is 1.97. The van der Waals surface area contributed by atoms with Gasteiger partial charge in [-0.2, -0.15) is 0 Å². The number of piperazine rings is 1. The van der Waals surface area contributed by atoms with Gasteiger partial charge in [-0.3, -0.25) is 0 Å². The van der Waals surface area contributed by atoms with Gasteiger partial charge in [0.15, 0.2) is 0 Å². The van der Waals surface area contributed by atoms with Crippen molar-refractivity contribution >= 4 is 34.8 Å². The van der Waals surface area contributed by atoms with Crippen LogP contribution in [-0.2, 0) is 0 Å². The lowest BCUT2D eigenvalue weighted by Crippen LogP contribution is -2.46. The second-order valence-electron chi connectivity index (χ2n) is 4.08. The lowest BCUT2D eigenvalue weighted by atomic mass is 10.3. The maximum absolute atomic E-state index is 6.15. The third-order valence-electron chi connectivity index (χ3n) is 3.06. The quantitative estimate of drug-likeness (QED) is 0.898. The second kappa shape index (κ2) is 5.29. The van der Waals surface area contributed by atoms with E-state index in [2.05, 4.69) is 21.7 Å². The van der Waals surface area contributed by atoms with Crippen molar-refractivity contribution in [3.63, 3.8) is 0 Å². The first-order chi connectivity index (χ1) is 8.11. The molecule has 17 heavy (non-hydrogen) atoms. The number of pyridine rings is 1. The highest BCUT2D eigenvalue weighted by Crippen LogP contribution is 2.30. The van der Waals surface area contributed by atoms with Crippen LogP contribution in [0.4, 0.5) is 11.6 Å². The lowest BCUT2D eigenvalue weighted by Gasteiger charge is -2.35. The minimum absolute atomic E-state index is 0.337. The SMILES string of the molecule is CCN1CCN(c2nc(N)c(Cl)cc2Cl)CC1. The van der Waals surface area contributed by atoms with Crippen LogP contribution in [0.2, 0.25) is 10.0 Å². The molecule has 0 amide bonds. The topological polar surface area (TPSA) is 45.4 Å². The molecule has 0 atom stereocenters. The van der Waals surface area contributed by atoms with E-state index in [1.165, 1.54) is 0 Å². The molecule has 2 heterocycles. The number of nitrogens with two attached hydrogens (primary N) is 1. The predicted octanol–water partition coefficient (Wildman–Crippen LogP) is 2.11. The van der Waals surface area contributed by atoms with Crippen molar-refractivity contribution in [3.05, 3.63) is 16.1 Å². The average molecular weight is 275 g/mol. The van der Waals surface area contributed by atoms with E-state index in [-0.39, 0.29) is 0 Å². The minimum atomic E-state index is 0.337. The molecule has 2 N–H and O–H groups in total. The van der Waals surface area contributed by atoms with Gasteiger partial charge in [0.1, 0.15) is 11.6 Å².